The van der Waals surface area contributed by atoms with Crippen molar-refractivity contribution in [2.75, 3.05) is 37.1 Å². The van der Waals surface area contributed by atoms with Crippen LogP contribution >= 0.6 is 0 Å². The number of esters is 2. The van der Waals surface area contributed by atoms with Crippen molar-refractivity contribution in [3.63, 3.8) is 0 Å². The molecule has 0 radical (unpaired) electrons. The number of ether oxygens (including phenoxy) is 4. The zero-order valence-electron chi connectivity index (χ0n) is 19.1. The van der Waals surface area contributed by atoms with Crippen molar-refractivity contribution in [3.8, 4) is 11.5 Å². The Morgan fingerprint density at radius 1 is 0.719 bits per heavy atom. The van der Waals surface area contributed by atoms with Gasteiger partial charge in [0.15, 0.2) is 0 Å². The first kappa shape index (κ1) is 24.8. The molecule has 0 spiro atoms. The highest BCUT2D eigenvalue weighted by Crippen LogP contribution is 2.26. The van der Waals surface area contributed by atoms with Gasteiger partial charge < -0.3 is 29.6 Å². The lowest BCUT2D eigenvalue weighted by molar-refractivity contribution is -0.144. The molecule has 2 rings (SSSR count). The molecule has 2 aromatic carbocycles. The second kappa shape index (κ2) is 13.1. The summed E-state index contributed by atoms with van der Waals surface area (Å²) in [5.41, 5.74) is 1.39. The van der Waals surface area contributed by atoms with Gasteiger partial charge in [-0.1, -0.05) is 24.3 Å². The summed E-state index contributed by atoms with van der Waals surface area (Å²) >= 11 is 0. The summed E-state index contributed by atoms with van der Waals surface area (Å²) < 4.78 is 21.8. The Balaban J connectivity index is 1.91. The van der Waals surface area contributed by atoms with E-state index < -0.39 is 12.1 Å². The van der Waals surface area contributed by atoms with Crippen LogP contribution in [-0.4, -0.2) is 50.4 Å². The highest BCUT2D eigenvalue weighted by molar-refractivity contribution is 5.80. The largest absolute Gasteiger partial charge is 0.488 e. The van der Waals surface area contributed by atoms with Crippen LogP contribution in [0.5, 0.6) is 11.5 Å². The number of nitrogens with one attached hydrogen (secondary N) is 2. The Morgan fingerprint density at radius 3 is 1.47 bits per heavy atom. The standard InChI is InChI=1S/C24H32N2O6/c1-5-29-23(27)17(3)25-19-11-7-9-13-21(19)31-15-16-32-22-14-10-8-12-20(22)26-18(4)24(28)30-6-2/h7-14,17-18,25-26H,5-6,15-16H2,1-4H3. The molecule has 0 aliphatic carbocycles. The number of hydrogen-bond acceptors (Lipinski definition) is 8. The van der Waals surface area contributed by atoms with Crippen LogP contribution in [0.25, 0.3) is 0 Å². The smallest absolute Gasteiger partial charge is 0.328 e. The highest BCUT2D eigenvalue weighted by Gasteiger charge is 2.17. The predicted octanol–water partition coefficient (Wildman–Crippen LogP) is 3.87. The van der Waals surface area contributed by atoms with E-state index in [2.05, 4.69) is 10.6 Å². The average molecular weight is 445 g/mol. The summed E-state index contributed by atoms with van der Waals surface area (Å²) in [7, 11) is 0. The molecule has 8 heteroatoms. The van der Waals surface area contributed by atoms with Gasteiger partial charge in [-0.2, -0.15) is 0 Å². The Kier molecular flexibility index (Phi) is 10.2. The van der Waals surface area contributed by atoms with E-state index in [1.165, 1.54) is 0 Å². The van der Waals surface area contributed by atoms with Gasteiger partial charge in [-0.05, 0) is 52.0 Å². The second-order valence-corrected chi connectivity index (χ2v) is 6.93. The fourth-order valence-electron chi connectivity index (χ4n) is 2.85. The fraction of sp³-hybridized carbons (Fsp3) is 0.417. The molecule has 0 aromatic heterocycles. The van der Waals surface area contributed by atoms with Crippen LogP contribution in [0.4, 0.5) is 11.4 Å². The van der Waals surface area contributed by atoms with Gasteiger partial charge in [-0.15, -0.1) is 0 Å². The van der Waals surface area contributed by atoms with Crippen molar-refractivity contribution < 1.29 is 28.5 Å². The van der Waals surface area contributed by atoms with Crippen LogP contribution in [-0.2, 0) is 19.1 Å². The Labute approximate surface area is 189 Å². The fourth-order valence-corrected chi connectivity index (χ4v) is 2.85. The van der Waals surface area contributed by atoms with Gasteiger partial charge in [0.1, 0.15) is 36.8 Å². The molecule has 174 valence electrons. The number of benzene rings is 2. The summed E-state index contributed by atoms with van der Waals surface area (Å²) in [4.78, 5) is 23.8. The molecule has 32 heavy (non-hydrogen) atoms. The lowest BCUT2D eigenvalue weighted by Gasteiger charge is -2.18. The molecule has 0 heterocycles. The van der Waals surface area contributed by atoms with E-state index in [9.17, 15) is 9.59 Å². The summed E-state index contributed by atoms with van der Waals surface area (Å²) in [6.45, 7) is 8.24. The zero-order chi connectivity index (χ0) is 23.3. The van der Waals surface area contributed by atoms with Crippen LogP contribution in [0.3, 0.4) is 0 Å². The van der Waals surface area contributed by atoms with Crippen LogP contribution in [0.1, 0.15) is 27.7 Å². The first-order chi connectivity index (χ1) is 15.5. The van der Waals surface area contributed by atoms with E-state index in [-0.39, 0.29) is 25.2 Å². The maximum atomic E-state index is 11.9. The molecule has 2 N–H and O–H groups in total. The lowest BCUT2D eigenvalue weighted by atomic mass is 10.2. The van der Waals surface area contributed by atoms with Crippen molar-refractivity contribution in [3.05, 3.63) is 48.5 Å². The first-order valence-electron chi connectivity index (χ1n) is 10.8. The molecule has 0 aliphatic heterocycles. The number of carbonyl (C=O) groups excluding carboxylic acids is 2. The molecule has 0 amide bonds. The van der Waals surface area contributed by atoms with E-state index in [4.69, 9.17) is 18.9 Å². The van der Waals surface area contributed by atoms with Crippen molar-refractivity contribution in [1.29, 1.82) is 0 Å². The maximum Gasteiger partial charge on any atom is 0.328 e. The molecule has 0 saturated heterocycles. The molecule has 0 bridgehead atoms. The van der Waals surface area contributed by atoms with Gasteiger partial charge in [0.05, 0.1) is 24.6 Å². The molecular formula is C24H32N2O6. The van der Waals surface area contributed by atoms with Crippen molar-refractivity contribution >= 4 is 23.3 Å². The second-order valence-electron chi connectivity index (χ2n) is 6.93. The van der Waals surface area contributed by atoms with E-state index in [0.29, 0.717) is 36.1 Å². The van der Waals surface area contributed by atoms with Gasteiger partial charge >= 0.3 is 11.9 Å². The molecule has 0 fully saturated rings. The summed E-state index contributed by atoms with van der Waals surface area (Å²) in [5, 5.41) is 6.22. The quantitative estimate of drug-likeness (QED) is 0.355. The minimum absolute atomic E-state index is 0.286. The first-order valence-corrected chi connectivity index (χ1v) is 10.8. The number of rotatable bonds is 13. The zero-order valence-corrected chi connectivity index (χ0v) is 19.1. The van der Waals surface area contributed by atoms with Gasteiger partial charge in [-0.25, -0.2) is 9.59 Å². The summed E-state index contributed by atoms with van der Waals surface area (Å²) in [6, 6.07) is 13.7. The third kappa shape index (κ3) is 7.68. The van der Waals surface area contributed by atoms with E-state index >= 15 is 0 Å². The van der Waals surface area contributed by atoms with Crippen LogP contribution in [0.15, 0.2) is 48.5 Å². The minimum Gasteiger partial charge on any atom is -0.488 e. The predicted molar refractivity (Wildman–Crippen MR) is 123 cm³/mol. The van der Waals surface area contributed by atoms with Gasteiger partial charge in [0.25, 0.3) is 0 Å². The Bertz CT molecular complexity index is 802. The van der Waals surface area contributed by atoms with Crippen molar-refractivity contribution in [1.82, 2.24) is 0 Å². The molecule has 0 saturated carbocycles. The minimum atomic E-state index is -0.504. The van der Waals surface area contributed by atoms with Gasteiger partial charge in [0, 0.05) is 0 Å². The van der Waals surface area contributed by atoms with E-state index in [1.807, 2.05) is 48.5 Å². The SMILES string of the molecule is CCOC(=O)C(C)Nc1ccccc1OCCOc1ccccc1NC(C)C(=O)OCC. The molecule has 8 nitrogen and oxygen atoms in total. The summed E-state index contributed by atoms with van der Waals surface area (Å²) in [5.74, 6) is 0.558. The monoisotopic (exact) mass is 444 g/mol. The molecule has 2 aromatic rings. The molecular weight excluding hydrogens is 412 g/mol. The van der Waals surface area contributed by atoms with E-state index in [0.717, 1.165) is 0 Å². The van der Waals surface area contributed by atoms with E-state index in [1.54, 1.807) is 27.7 Å². The molecule has 0 aliphatic rings. The topological polar surface area (TPSA) is 95.1 Å². The van der Waals surface area contributed by atoms with Crippen molar-refractivity contribution in [2.24, 2.45) is 0 Å². The third-order valence-electron chi connectivity index (χ3n) is 4.40. The number of anilines is 2. The van der Waals surface area contributed by atoms with Crippen LogP contribution < -0.4 is 20.1 Å². The highest BCUT2D eigenvalue weighted by atomic mass is 16.5. The average Bonchev–Trinajstić information content (AvgIpc) is 2.79. The number of para-hydroxylation sites is 4. The van der Waals surface area contributed by atoms with Crippen molar-refractivity contribution in [2.45, 2.75) is 39.8 Å². The third-order valence-corrected chi connectivity index (χ3v) is 4.40. The van der Waals surface area contributed by atoms with Crippen LogP contribution in [0, 0.1) is 0 Å². The molecule has 2 atom stereocenters. The Morgan fingerprint density at radius 2 is 1.09 bits per heavy atom. The van der Waals surface area contributed by atoms with Gasteiger partial charge in [0.2, 0.25) is 0 Å². The number of carbonyl (C=O) groups is 2. The normalized spacial score (nSPS) is 12.2. The Hall–Kier alpha value is -3.42. The lowest BCUT2D eigenvalue weighted by Crippen LogP contribution is -2.28. The number of hydrogen-bond donors (Lipinski definition) is 2. The summed E-state index contributed by atoms with van der Waals surface area (Å²) in [6.07, 6.45) is 0. The van der Waals surface area contributed by atoms with Crippen LogP contribution in [0.2, 0.25) is 0 Å². The molecule has 2 unspecified atom stereocenters. The maximum absolute atomic E-state index is 11.9. The van der Waals surface area contributed by atoms with Gasteiger partial charge in [-0.3, -0.25) is 0 Å².